The smallest absolute Gasteiger partial charge is 0.172 e. The maximum atomic E-state index is 10.7. The van der Waals surface area contributed by atoms with Crippen LogP contribution in [0.2, 0.25) is 0 Å². The molecule has 1 aliphatic rings. The Bertz CT molecular complexity index is 680. The lowest BCUT2D eigenvalue weighted by atomic mass is 10.1. The van der Waals surface area contributed by atoms with Crippen molar-refractivity contribution in [2.45, 2.75) is 19.1 Å². The second-order valence-electron chi connectivity index (χ2n) is 4.95. The molecule has 2 aromatic carbocycles. The van der Waals surface area contributed by atoms with Gasteiger partial charge in [0.2, 0.25) is 0 Å². The van der Waals surface area contributed by atoms with E-state index < -0.39 is 12.1 Å². The Morgan fingerprint density at radius 1 is 1.18 bits per heavy atom. The van der Waals surface area contributed by atoms with Crippen LogP contribution in [0.3, 0.4) is 0 Å². The molecule has 0 aromatic heterocycles. The summed E-state index contributed by atoms with van der Waals surface area (Å²) in [6.45, 7) is 0.497. The van der Waals surface area contributed by atoms with Crippen molar-refractivity contribution in [1.29, 1.82) is 0 Å². The topological polar surface area (TPSA) is 71.0 Å². The molecule has 1 aliphatic heterocycles. The molecule has 1 heterocycles. The van der Waals surface area contributed by atoms with Gasteiger partial charge in [-0.25, -0.2) is 0 Å². The lowest BCUT2D eigenvalue weighted by Gasteiger charge is -2.08. The fraction of sp³-hybridized carbons (Fsp3) is 0.176. The maximum absolute atomic E-state index is 10.7. The summed E-state index contributed by atoms with van der Waals surface area (Å²) in [7, 11) is 0. The summed E-state index contributed by atoms with van der Waals surface area (Å²) >= 11 is 0. The first-order valence-corrected chi connectivity index (χ1v) is 6.93. The quantitative estimate of drug-likeness (QED) is 0.838. The molecule has 0 fully saturated rings. The molecule has 1 atom stereocenters. The molecule has 0 spiro atoms. The summed E-state index contributed by atoms with van der Waals surface area (Å²) in [5.41, 5.74) is 2.51. The number of hydrogen-bond donors (Lipinski definition) is 0. The SMILES string of the molecule is O=C([O-])[C@@H]1CC(c2ccc(OCc3ccccc3)cc2)=NO1. The van der Waals surface area contributed by atoms with Crippen molar-refractivity contribution in [1.82, 2.24) is 0 Å². The van der Waals surface area contributed by atoms with Gasteiger partial charge in [-0.3, -0.25) is 0 Å². The lowest BCUT2D eigenvalue weighted by molar-refractivity contribution is -0.315. The van der Waals surface area contributed by atoms with Gasteiger partial charge in [-0.05, 0) is 35.4 Å². The van der Waals surface area contributed by atoms with Gasteiger partial charge in [0.05, 0.1) is 11.7 Å². The zero-order chi connectivity index (χ0) is 15.4. The third-order valence-electron chi connectivity index (χ3n) is 3.37. The zero-order valence-corrected chi connectivity index (χ0v) is 11.8. The summed E-state index contributed by atoms with van der Waals surface area (Å²) in [4.78, 5) is 15.5. The molecule has 0 N–H and O–H groups in total. The third-order valence-corrected chi connectivity index (χ3v) is 3.37. The fourth-order valence-electron chi connectivity index (χ4n) is 2.16. The van der Waals surface area contributed by atoms with Crippen molar-refractivity contribution in [2.24, 2.45) is 5.16 Å². The number of hydrogen-bond acceptors (Lipinski definition) is 5. The van der Waals surface area contributed by atoms with E-state index in [0.29, 0.717) is 12.3 Å². The highest BCUT2D eigenvalue weighted by Gasteiger charge is 2.22. The van der Waals surface area contributed by atoms with Crippen LogP contribution in [0.25, 0.3) is 0 Å². The van der Waals surface area contributed by atoms with Crippen LogP contribution in [0.4, 0.5) is 0 Å². The Morgan fingerprint density at radius 2 is 1.91 bits per heavy atom. The van der Waals surface area contributed by atoms with E-state index in [4.69, 9.17) is 9.57 Å². The molecule has 0 unspecified atom stereocenters. The van der Waals surface area contributed by atoms with Crippen LogP contribution in [0.5, 0.6) is 5.75 Å². The second-order valence-corrected chi connectivity index (χ2v) is 4.95. The van der Waals surface area contributed by atoms with Crippen molar-refractivity contribution < 1.29 is 19.5 Å². The highest BCUT2D eigenvalue weighted by Crippen LogP contribution is 2.20. The maximum Gasteiger partial charge on any atom is 0.172 e. The fourth-order valence-corrected chi connectivity index (χ4v) is 2.16. The van der Waals surface area contributed by atoms with Crippen molar-refractivity contribution >= 4 is 11.7 Å². The second kappa shape index (κ2) is 6.30. The Morgan fingerprint density at radius 3 is 2.55 bits per heavy atom. The van der Waals surface area contributed by atoms with Crippen LogP contribution < -0.4 is 9.84 Å². The number of aliphatic carboxylic acids is 1. The summed E-state index contributed by atoms with van der Waals surface area (Å²) in [5.74, 6) is -0.509. The standard InChI is InChI=1S/C17H15NO4/c19-17(20)16-10-15(18-22-16)13-6-8-14(9-7-13)21-11-12-4-2-1-3-5-12/h1-9,16H,10-11H2,(H,19,20)/p-1/t16-/m0/s1. The van der Waals surface area contributed by atoms with E-state index in [1.165, 1.54) is 0 Å². The Balaban J connectivity index is 1.60. The molecule has 22 heavy (non-hydrogen) atoms. The minimum atomic E-state index is -1.25. The monoisotopic (exact) mass is 296 g/mol. The molecule has 112 valence electrons. The number of benzene rings is 2. The van der Waals surface area contributed by atoms with Crippen molar-refractivity contribution in [3.8, 4) is 5.75 Å². The van der Waals surface area contributed by atoms with Crippen LogP contribution in [0, 0.1) is 0 Å². The average molecular weight is 296 g/mol. The predicted octanol–water partition coefficient (Wildman–Crippen LogP) is 1.51. The van der Waals surface area contributed by atoms with E-state index in [2.05, 4.69) is 5.16 Å². The molecular weight excluding hydrogens is 282 g/mol. The number of rotatable bonds is 5. The summed E-state index contributed by atoms with van der Waals surface area (Å²) < 4.78 is 5.69. The molecule has 5 nitrogen and oxygen atoms in total. The number of carbonyl (C=O) groups is 1. The Hall–Kier alpha value is -2.82. The number of carboxylic acid groups (broad SMARTS) is 1. The van der Waals surface area contributed by atoms with E-state index >= 15 is 0 Å². The summed E-state index contributed by atoms with van der Waals surface area (Å²) in [6.07, 6.45) is -0.781. The van der Waals surface area contributed by atoms with Gasteiger partial charge in [0.25, 0.3) is 0 Å². The van der Waals surface area contributed by atoms with Crippen molar-refractivity contribution in [3.05, 3.63) is 65.7 Å². The summed E-state index contributed by atoms with van der Waals surface area (Å²) in [5, 5.41) is 14.5. The van der Waals surface area contributed by atoms with Gasteiger partial charge in [0.15, 0.2) is 6.10 Å². The van der Waals surface area contributed by atoms with Gasteiger partial charge < -0.3 is 19.5 Å². The molecule has 0 saturated carbocycles. The van der Waals surface area contributed by atoms with Gasteiger partial charge >= 0.3 is 0 Å². The number of carbonyl (C=O) groups excluding carboxylic acids is 1. The minimum absolute atomic E-state index is 0.215. The predicted molar refractivity (Wildman–Crippen MR) is 78.3 cm³/mol. The van der Waals surface area contributed by atoms with Crippen LogP contribution in [-0.2, 0) is 16.2 Å². The van der Waals surface area contributed by atoms with E-state index in [-0.39, 0.29) is 6.42 Å². The molecule has 0 saturated heterocycles. The highest BCUT2D eigenvalue weighted by molar-refractivity contribution is 6.03. The van der Waals surface area contributed by atoms with E-state index in [0.717, 1.165) is 16.9 Å². The largest absolute Gasteiger partial charge is 0.546 e. The number of carboxylic acids is 1. The zero-order valence-electron chi connectivity index (χ0n) is 11.8. The minimum Gasteiger partial charge on any atom is -0.546 e. The third kappa shape index (κ3) is 3.25. The first-order valence-electron chi connectivity index (χ1n) is 6.93. The van der Waals surface area contributed by atoms with Gasteiger partial charge in [0.1, 0.15) is 12.4 Å². The lowest BCUT2D eigenvalue weighted by Crippen LogP contribution is -2.35. The molecule has 0 bridgehead atoms. The molecule has 3 rings (SSSR count). The van der Waals surface area contributed by atoms with Gasteiger partial charge in [0, 0.05) is 6.42 Å². The normalized spacial score (nSPS) is 16.7. The molecule has 0 radical (unpaired) electrons. The van der Waals surface area contributed by atoms with Gasteiger partial charge in [-0.15, -0.1) is 0 Å². The van der Waals surface area contributed by atoms with Crippen LogP contribution >= 0.6 is 0 Å². The van der Waals surface area contributed by atoms with E-state index in [1.807, 2.05) is 54.6 Å². The van der Waals surface area contributed by atoms with E-state index in [9.17, 15) is 9.90 Å². The summed E-state index contributed by atoms with van der Waals surface area (Å²) in [6, 6.07) is 17.2. The average Bonchev–Trinajstić information content (AvgIpc) is 3.05. The van der Waals surface area contributed by atoms with E-state index in [1.54, 1.807) is 0 Å². The Labute approximate surface area is 127 Å². The number of nitrogens with zero attached hydrogens (tertiary/aromatic N) is 1. The number of oxime groups is 1. The molecule has 0 amide bonds. The molecule has 2 aromatic rings. The first-order chi connectivity index (χ1) is 10.7. The van der Waals surface area contributed by atoms with Crippen LogP contribution in [0.15, 0.2) is 59.8 Å². The van der Waals surface area contributed by atoms with Crippen molar-refractivity contribution in [2.75, 3.05) is 0 Å². The highest BCUT2D eigenvalue weighted by atomic mass is 16.7. The van der Waals surface area contributed by atoms with Crippen molar-refractivity contribution in [3.63, 3.8) is 0 Å². The van der Waals surface area contributed by atoms with Gasteiger partial charge in [-0.1, -0.05) is 35.5 Å². The van der Waals surface area contributed by atoms with Gasteiger partial charge in [-0.2, -0.15) is 0 Å². The molecule has 5 heteroatoms. The number of ether oxygens (including phenoxy) is 1. The molecule has 0 aliphatic carbocycles. The first kappa shape index (κ1) is 14.1. The van der Waals surface area contributed by atoms with Crippen LogP contribution in [0.1, 0.15) is 17.5 Å². The molecular formula is C17H14NO4-. The van der Waals surface area contributed by atoms with Crippen LogP contribution in [-0.4, -0.2) is 17.8 Å². The Kier molecular flexibility index (Phi) is 4.05.